The zero-order valence-corrected chi connectivity index (χ0v) is 22.8. The summed E-state index contributed by atoms with van der Waals surface area (Å²) in [5, 5.41) is 0. The fourth-order valence-electron chi connectivity index (χ4n) is 6.05. The van der Waals surface area contributed by atoms with E-state index in [-0.39, 0.29) is 0 Å². The lowest BCUT2D eigenvalue weighted by molar-refractivity contribution is 0.111. The first-order chi connectivity index (χ1) is 15.0. The van der Waals surface area contributed by atoms with Gasteiger partial charge in [-0.15, -0.1) is 0 Å². The van der Waals surface area contributed by atoms with E-state index in [4.69, 9.17) is 0 Å². The van der Waals surface area contributed by atoms with Gasteiger partial charge in [-0.05, 0) is 61.7 Å². The van der Waals surface area contributed by atoms with Crippen LogP contribution in [0, 0.1) is 23.2 Å². The van der Waals surface area contributed by atoms with Crippen molar-refractivity contribution >= 4 is 0 Å². The fraction of sp³-hybridized carbons (Fsp3) is 1.00. The largest absolute Gasteiger partial charge is 0.0654 e. The average molecular weight is 435 g/mol. The fourth-order valence-corrected chi connectivity index (χ4v) is 6.05. The highest BCUT2D eigenvalue weighted by atomic mass is 14.4. The molecule has 0 atom stereocenters. The minimum Gasteiger partial charge on any atom is -0.0654 e. The Labute approximate surface area is 199 Å². The van der Waals surface area contributed by atoms with Crippen LogP contribution in [0.25, 0.3) is 0 Å². The van der Waals surface area contributed by atoms with Gasteiger partial charge in [-0.25, -0.2) is 0 Å². The highest BCUT2D eigenvalue weighted by Crippen LogP contribution is 2.47. The molecule has 0 aromatic rings. The molecule has 0 radical (unpaired) electrons. The summed E-state index contributed by atoms with van der Waals surface area (Å²) in [6, 6.07) is 0. The van der Waals surface area contributed by atoms with E-state index < -0.39 is 0 Å². The Kier molecular flexibility index (Phi) is 17.3. The predicted octanol–water partition coefficient (Wildman–Crippen LogP) is 11.5. The summed E-state index contributed by atoms with van der Waals surface area (Å²) in [6.07, 6.45) is 32.9. The van der Waals surface area contributed by atoms with E-state index in [0.29, 0.717) is 0 Å². The SMILES string of the molecule is CCCCCCCC1CCC(CCCCCCC(C)C)(CCCCCCC(C)C)CC1. The molecule has 31 heavy (non-hydrogen) atoms. The van der Waals surface area contributed by atoms with E-state index in [1.165, 1.54) is 103 Å². The van der Waals surface area contributed by atoms with E-state index in [1.807, 2.05) is 0 Å². The molecule has 0 nitrogen and oxygen atoms in total. The van der Waals surface area contributed by atoms with Crippen LogP contribution in [0.1, 0.15) is 176 Å². The Hall–Kier alpha value is 0. The van der Waals surface area contributed by atoms with Crippen molar-refractivity contribution in [3.8, 4) is 0 Å². The van der Waals surface area contributed by atoms with Crippen molar-refractivity contribution in [2.24, 2.45) is 23.2 Å². The Morgan fingerprint density at radius 2 is 1.03 bits per heavy atom. The quantitative estimate of drug-likeness (QED) is 0.167. The van der Waals surface area contributed by atoms with Crippen molar-refractivity contribution in [1.82, 2.24) is 0 Å². The first kappa shape index (κ1) is 29.0. The van der Waals surface area contributed by atoms with E-state index >= 15 is 0 Å². The Balaban J connectivity index is 2.33. The zero-order chi connectivity index (χ0) is 22.8. The number of rotatable bonds is 20. The summed E-state index contributed by atoms with van der Waals surface area (Å²) >= 11 is 0. The highest BCUT2D eigenvalue weighted by molar-refractivity contribution is 4.86. The maximum absolute atomic E-state index is 2.37. The lowest BCUT2D eigenvalue weighted by Crippen LogP contribution is -2.28. The molecular formula is C31H62. The second-order valence-corrected chi connectivity index (χ2v) is 12.3. The van der Waals surface area contributed by atoms with Gasteiger partial charge in [0.05, 0.1) is 0 Å². The van der Waals surface area contributed by atoms with E-state index in [2.05, 4.69) is 34.6 Å². The van der Waals surface area contributed by atoms with Crippen LogP contribution >= 0.6 is 0 Å². The Morgan fingerprint density at radius 1 is 0.581 bits per heavy atom. The third kappa shape index (κ3) is 15.5. The van der Waals surface area contributed by atoms with Crippen LogP contribution < -0.4 is 0 Å². The summed E-state index contributed by atoms with van der Waals surface area (Å²) in [5.41, 5.74) is 0.731. The Bertz CT molecular complexity index is 349. The molecule has 0 N–H and O–H groups in total. The van der Waals surface area contributed by atoms with Gasteiger partial charge in [-0.3, -0.25) is 0 Å². The van der Waals surface area contributed by atoms with Crippen LogP contribution in [0.3, 0.4) is 0 Å². The second kappa shape index (κ2) is 18.4. The second-order valence-electron chi connectivity index (χ2n) is 12.3. The minimum atomic E-state index is 0.731. The van der Waals surface area contributed by atoms with Gasteiger partial charge >= 0.3 is 0 Å². The highest BCUT2D eigenvalue weighted by Gasteiger charge is 2.34. The molecule has 1 aliphatic carbocycles. The molecule has 0 aliphatic heterocycles. The van der Waals surface area contributed by atoms with Crippen molar-refractivity contribution in [3.63, 3.8) is 0 Å². The lowest BCUT2D eigenvalue weighted by atomic mass is 9.64. The number of hydrogen-bond donors (Lipinski definition) is 0. The van der Waals surface area contributed by atoms with Crippen molar-refractivity contribution in [3.05, 3.63) is 0 Å². The monoisotopic (exact) mass is 434 g/mol. The van der Waals surface area contributed by atoms with Gasteiger partial charge in [-0.1, -0.05) is 137 Å². The van der Waals surface area contributed by atoms with Gasteiger partial charge < -0.3 is 0 Å². The Morgan fingerprint density at radius 3 is 1.52 bits per heavy atom. The number of hydrogen-bond acceptors (Lipinski definition) is 0. The van der Waals surface area contributed by atoms with Crippen molar-refractivity contribution in [2.75, 3.05) is 0 Å². The summed E-state index contributed by atoms with van der Waals surface area (Å²) in [4.78, 5) is 0. The normalized spacial score (nSPS) is 17.1. The maximum atomic E-state index is 2.37. The summed E-state index contributed by atoms with van der Waals surface area (Å²) in [7, 11) is 0. The smallest absolute Gasteiger partial charge is 0.0297 e. The standard InChI is InChI=1S/C31H62/c1-6-7-8-9-16-21-30-22-26-31(27-23-30,24-17-12-10-14-19-28(2)3)25-18-13-11-15-20-29(4)5/h28-30H,6-27H2,1-5H3. The van der Waals surface area contributed by atoms with E-state index in [0.717, 1.165) is 23.2 Å². The number of unbranched alkanes of at least 4 members (excludes halogenated alkanes) is 10. The molecule has 0 aromatic carbocycles. The molecule has 0 saturated heterocycles. The van der Waals surface area contributed by atoms with Crippen molar-refractivity contribution in [1.29, 1.82) is 0 Å². The van der Waals surface area contributed by atoms with Gasteiger partial charge in [0.15, 0.2) is 0 Å². The molecule has 0 spiro atoms. The van der Waals surface area contributed by atoms with E-state index in [1.54, 1.807) is 38.5 Å². The van der Waals surface area contributed by atoms with Gasteiger partial charge in [0.1, 0.15) is 0 Å². The van der Waals surface area contributed by atoms with Crippen LogP contribution in [0.2, 0.25) is 0 Å². The molecule has 0 heteroatoms. The first-order valence-corrected chi connectivity index (χ1v) is 15.0. The summed E-state index contributed by atoms with van der Waals surface area (Å²) in [6.45, 7) is 11.8. The molecule has 1 saturated carbocycles. The third-order valence-electron chi connectivity index (χ3n) is 8.36. The zero-order valence-electron chi connectivity index (χ0n) is 22.8. The minimum absolute atomic E-state index is 0.731. The van der Waals surface area contributed by atoms with E-state index in [9.17, 15) is 0 Å². The topological polar surface area (TPSA) is 0 Å². The van der Waals surface area contributed by atoms with Crippen LogP contribution in [-0.2, 0) is 0 Å². The molecule has 0 unspecified atom stereocenters. The maximum Gasteiger partial charge on any atom is -0.0297 e. The molecule has 1 aliphatic rings. The molecule has 186 valence electrons. The van der Waals surface area contributed by atoms with Gasteiger partial charge in [0.2, 0.25) is 0 Å². The average Bonchev–Trinajstić information content (AvgIpc) is 2.74. The van der Waals surface area contributed by atoms with Gasteiger partial charge in [-0.2, -0.15) is 0 Å². The molecular weight excluding hydrogens is 372 g/mol. The third-order valence-corrected chi connectivity index (χ3v) is 8.36. The van der Waals surface area contributed by atoms with Crippen molar-refractivity contribution in [2.45, 2.75) is 176 Å². The molecule has 0 aromatic heterocycles. The summed E-state index contributed by atoms with van der Waals surface area (Å²) < 4.78 is 0. The van der Waals surface area contributed by atoms with Crippen LogP contribution in [0.4, 0.5) is 0 Å². The molecule has 0 heterocycles. The summed E-state index contributed by atoms with van der Waals surface area (Å²) in [5.74, 6) is 2.84. The van der Waals surface area contributed by atoms with Crippen molar-refractivity contribution < 1.29 is 0 Å². The lowest BCUT2D eigenvalue weighted by Gasteiger charge is -2.41. The van der Waals surface area contributed by atoms with Gasteiger partial charge in [0.25, 0.3) is 0 Å². The molecule has 0 amide bonds. The predicted molar refractivity (Wildman–Crippen MR) is 143 cm³/mol. The molecule has 0 bridgehead atoms. The van der Waals surface area contributed by atoms with Crippen LogP contribution in [-0.4, -0.2) is 0 Å². The van der Waals surface area contributed by atoms with Crippen LogP contribution in [0.15, 0.2) is 0 Å². The molecule has 1 rings (SSSR count). The van der Waals surface area contributed by atoms with Crippen LogP contribution in [0.5, 0.6) is 0 Å². The molecule has 1 fully saturated rings. The van der Waals surface area contributed by atoms with Gasteiger partial charge in [0, 0.05) is 0 Å². The first-order valence-electron chi connectivity index (χ1n) is 15.0.